The van der Waals surface area contributed by atoms with Crippen LogP contribution in [0.4, 0.5) is 4.39 Å². The van der Waals surface area contributed by atoms with Crippen molar-refractivity contribution in [2.75, 3.05) is 13.1 Å². The minimum Gasteiger partial charge on any atom is -0.338 e. The molecule has 0 aromatic heterocycles. The summed E-state index contributed by atoms with van der Waals surface area (Å²) in [5.41, 5.74) is 0.996. The molecule has 164 valence electrons. The highest BCUT2D eigenvalue weighted by molar-refractivity contribution is 6.30. The number of likely N-dealkylation sites (tertiary alicyclic amines) is 1. The zero-order chi connectivity index (χ0) is 22.2. The zero-order valence-electron chi connectivity index (χ0n) is 17.8. The lowest BCUT2D eigenvalue weighted by atomic mass is 9.94. The second-order valence-electron chi connectivity index (χ2n) is 8.75. The van der Waals surface area contributed by atoms with Crippen LogP contribution in [0.5, 0.6) is 0 Å². The summed E-state index contributed by atoms with van der Waals surface area (Å²) in [5, 5.41) is 4.19. The van der Waals surface area contributed by atoms with Gasteiger partial charge in [-0.3, -0.25) is 14.9 Å². The number of carbonyl (C=O) groups excluding carboxylic acids is 2. The summed E-state index contributed by atoms with van der Waals surface area (Å²) in [5.74, 6) is -0.104. The van der Waals surface area contributed by atoms with Crippen molar-refractivity contribution < 1.29 is 14.0 Å². The third-order valence-corrected chi connectivity index (χ3v) is 6.61. The fourth-order valence-corrected chi connectivity index (χ4v) is 4.66. The molecule has 0 radical (unpaired) electrons. The number of piperidine rings is 1. The molecule has 0 unspecified atom stereocenters. The van der Waals surface area contributed by atoms with E-state index in [1.165, 1.54) is 12.1 Å². The predicted octanol–water partition coefficient (Wildman–Crippen LogP) is 4.07. The lowest BCUT2D eigenvalue weighted by Gasteiger charge is -2.44. The van der Waals surface area contributed by atoms with Gasteiger partial charge in [-0.1, -0.05) is 37.6 Å². The summed E-state index contributed by atoms with van der Waals surface area (Å²) in [7, 11) is 0. The Morgan fingerprint density at radius 2 is 1.74 bits per heavy atom. The molecule has 2 aromatic rings. The van der Waals surface area contributed by atoms with Crippen molar-refractivity contribution in [3.8, 4) is 0 Å². The molecule has 0 saturated carbocycles. The van der Waals surface area contributed by atoms with Crippen LogP contribution < -0.4 is 5.32 Å². The highest BCUT2D eigenvalue weighted by Gasteiger charge is 2.52. The molecule has 1 atom stereocenters. The summed E-state index contributed by atoms with van der Waals surface area (Å²) in [6, 6.07) is 12.9. The fraction of sp³-hybridized carbons (Fsp3) is 0.417. The van der Waals surface area contributed by atoms with E-state index in [1.807, 2.05) is 23.6 Å². The van der Waals surface area contributed by atoms with Crippen molar-refractivity contribution in [3.05, 3.63) is 70.5 Å². The van der Waals surface area contributed by atoms with Gasteiger partial charge in [0.1, 0.15) is 5.82 Å². The second-order valence-corrected chi connectivity index (χ2v) is 9.18. The molecule has 2 saturated heterocycles. The highest BCUT2D eigenvalue weighted by atomic mass is 35.5. The van der Waals surface area contributed by atoms with Crippen molar-refractivity contribution in [1.29, 1.82) is 0 Å². The van der Waals surface area contributed by atoms with Crippen LogP contribution in [0.25, 0.3) is 0 Å². The van der Waals surface area contributed by atoms with Gasteiger partial charge in [-0.2, -0.15) is 0 Å². The van der Waals surface area contributed by atoms with Gasteiger partial charge >= 0.3 is 0 Å². The van der Waals surface area contributed by atoms with Crippen LogP contribution in [0.2, 0.25) is 5.02 Å². The first-order valence-corrected chi connectivity index (χ1v) is 11.1. The SMILES string of the molecule is CC(C)[C@H]1NC2(CCN(C(=O)c3ccc(Cl)cc3)CC2)N(Cc2ccc(F)cc2)C1=O. The third kappa shape index (κ3) is 4.32. The lowest BCUT2D eigenvalue weighted by molar-refractivity contribution is -0.134. The molecule has 4 rings (SSSR count). The number of halogens is 2. The van der Waals surface area contributed by atoms with E-state index in [0.717, 1.165) is 5.56 Å². The van der Waals surface area contributed by atoms with Crippen LogP contribution in [0, 0.1) is 11.7 Å². The quantitative estimate of drug-likeness (QED) is 0.775. The average molecular weight is 444 g/mol. The maximum Gasteiger partial charge on any atom is 0.253 e. The number of rotatable bonds is 4. The van der Waals surface area contributed by atoms with Gasteiger partial charge < -0.3 is 9.80 Å². The molecule has 2 fully saturated rings. The lowest BCUT2D eigenvalue weighted by Crippen LogP contribution is -2.59. The van der Waals surface area contributed by atoms with Gasteiger partial charge in [-0.25, -0.2) is 4.39 Å². The Morgan fingerprint density at radius 1 is 1.13 bits per heavy atom. The third-order valence-electron chi connectivity index (χ3n) is 6.36. The number of benzene rings is 2. The minimum atomic E-state index is -0.503. The maximum absolute atomic E-state index is 13.3. The molecule has 7 heteroatoms. The molecule has 31 heavy (non-hydrogen) atoms. The first kappa shape index (κ1) is 21.8. The molecule has 2 heterocycles. The topological polar surface area (TPSA) is 52.7 Å². The van der Waals surface area contributed by atoms with Crippen molar-refractivity contribution >= 4 is 23.4 Å². The van der Waals surface area contributed by atoms with E-state index < -0.39 is 5.66 Å². The Bertz CT molecular complexity index is 954. The van der Waals surface area contributed by atoms with Crippen LogP contribution in [0.1, 0.15) is 42.6 Å². The Hall–Kier alpha value is -2.44. The van der Waals surface area contributed by atoms with Gasteiger partial charge in [-0.05, 0) is 47.9 Å². The molecule has 2 aromatic carbocycles. The van der Waals surface area contributed by atoms with Crippen LogP contribution in [0.3, 0.4) is 0 Å². The van der Waals surface area contributed by atoms with Gasteiger partial charge in [0.25, 0.3) is 5.91 Å². The van der Waals surface area contributed by atoms with Gasteiger partial charge in [0.05, 0.1) is 11.7 Å². The zero-order valence-corrected chi connectivity index (χ0v) is 18.5. The van der Waals surface area contributed by atoms with E-state index in [9.17, 15) is 14.0 Å². The monoisotopic (exact) mass is 443 g/mol. The summed E-state index contributed by atoms with van der Waals surface area (Å²) in [4.78, 5) is 29.9. The molecule has 2 aliphatic rings. The van der Waals surface area contributed by atoms with Crippen molar-refractivity contribution in [3.63, 3.8) is 0 Å². The largest absolute Gasteiger partial charge is 0.338 e. The fourth-order valence-electron chi connectivity index (χ4n) is 4.53. The van der Waals surface area contributed by atoms with Crippen molar-refractivity contribution in [2.45, 2.75) is 44.9 Å². The summed E-state index contributed by atoms with van der Waals surface area (Å²) < 4.78 is 13.3. The van der Waals surface area contributed by atoms with E-state index in [4.69, 9.17) is 11.6 Å². The first-order chi connectivity index (χ1) is 14.8. The second kappa shape index (κ2) is 8.60. The highest BCUT2D eigenvalue weighted by Crippen LogP contribution is 2.36. The number of nitrogens with one attached hydrogen (secondary N) is 1. The molecular weight excluding hydrogens is 417 g/mol. The number of hydrogen-bond acceptors (Lipinski definition) is 3. The van der Waals surface area contributed by atoms with Crippen molar-refractivity contribution in [2.24, 2.45) is 5.92 Å². The predicted molar refractivity (Wildman–Crippen MR) is 118 cm³/mol. The smallest absolute Gasteiger partial charge is 0.253 e. The first-order valence-electron chi connectivity index (χ1n) is 10.7. The van der Waals surface area contributed by atoms with E-state index in [1.54, 1.807) is 36.4 Å². The van der Waals surface area contributed by atoms with Gasteiger partial charge in [0.15, 0.2) is 0 Å². The maximum atomic E-state index is 13.3. The molecule has 1 N–H and O–H groups in total. The van der Waals surface area contributed by atoms with Gasteiger partial charge in [-0.15, -0.1) is 0 Å². The Balaban J connectivity index is 1.52. The van der Waals surface area contributed by atoms with Crippen molar-refractivity contribution in [1.82, 2.24) is 15.1 Å². The molecule has 2 amide bonds. The van der Waals surface area contributed by atoms with Gasteiger partial charge in [0.2, 0.25) is 5.91 Å². The summed E-state index contributed by atoms with van der Waals surface area (Å²) in [6.07, 6.45) is 1.28. The van der Waals surface area contributed by atoms with Gasteiger partial charge in [0, 0.05) is 43.1 Å². The van der Waals surface area contributed by atoms with Crippen LogP contribution in [-0.4, -0.2) is 46.4 Å². The van der Waals surface area contributed by atoms with Crippen LogP contribution in [-0.2, 0) is 11.3 Å². The Labute approximate surface area is 187 Å². The molecule has 0 bridgehead atoms. The number of hydrogen-bond donors (Lipinski definition) is 1. The van der Waals surface area contributed by atoms with E-state index in [2.05, 4.69) is 5.32 Å². The number of amides is 2. The van der Waals surface area contributed by atoms with Crippen LogP contribution >= 0.6 is 11.6 Å². The summed E-state index contributed by atoms with van der Waals surface area (Å²) >= 11 is 5.94. The van der Waals surface area contributed by atoms with E-state index in [0.29, 0.717) is 43.1 Å². The molecule has 2 aliphatic heterocycles. The normalized spacial score (nSPS) is 20.7. The Morgan fingerprint density at radius 3 is 2.32 bits per heavy atom. The Kier molecular flexibility index (Phi) is 6.04. The molecule has 0 aliphatic carbocycles. The summed E-state index contributed by atoms with van der Waals surface area (Å²) in [6.45, 7) is 5.58. The number of carbonyl (C=O) groups is 2. The average Bonchev–Trinajstić information content (AvgIpc) is 3.02. The van der Waals surface area contributed by atoms with Crippen LogP contribution in [0.15, 0.2) is 48.5 Å². The van der Waals surface area contributed by atoms with E-state index in [-0.39, 0.29) is 29.6 Å². The number of nitrogens with zero attached hydrogens (tertiary/aromatic N) is 2. The molecule has 1 spiro atoms. The molecular formula is C24H27ClFN3O2. The molecule has 5 nitrogen and oxygen atoms in total. The van der Waals surface area contributed by atoms with E-state index >= 15 is 0 Å². The minimum absolute atomic E-state index is 0.0265. The standard InChI is InChI=1S/C24H27ClFN3O2/c1-16(2)21-23(31)29(15-17-3-9-20(26)10-4-17)24(27-21)11-13-28(14-12-24)22(30)18-5-7-19(25)8-6-18/h3-10,16,21,27H,11-15H2,1-2H3/t21-/m1/s1.